The van der Waals surface area contributed by atoms with Crippen LogP contribution in [0.2, 0.25) is 0 Å². The van der Waals surface area contributed by atoms with Crippen LogP contribution in [-0.4, -0.2) is 48.9 Å². The molecule has 23 heavy (non-hydrogen) atoms. The van der Waals surface area contributed by atoms with Crippen LogP contribution in [0, 0.1) is 5.41 Å². The molecular weight excluding hydrogens is 318 g/mol. The van der Waals surface area contributed by atoms with E-state index in [0.29, 0.717) is 12.8 Å². The average molecular weight is 339 g/mol. The van der Waals surface area contributed by atoms with Crippen LogP contribution in [0.1, 0.15) is 24.8 Å². The van der Waals surface area contributed by atoms with E-state index in [2.05, 4.69) is 0 Å². The zero-order chi connectivity index (χ0) is 17.1. The van der Waals surface area contributed by atoms with Crippen molar-refractivity contribution in [3.8, 4) is 0 Å². The third kappa shape index (κ3) is 5.67. The molecule has 1 aliphatic rings. The quantitative estimate of drug-likeness (QED) is 0.771. The van der Waals surface area contributed by atoms with Gasteiger partial charge in [-0.05, 0) is 23.8 Å². The van der Waals surface area contributed by atoms with Crippen LogP contribution >= 0.6 is 0 Å². The molecule has 0 aliphatic heterocycles. The van der Waals surface area contributed by atoms with Crippen LogP contribution in [0.4, 0.5) is 0 Å². The summed E-state index contributed by atoms with van der Waals surface area (Å²) < 4.78 is 23.0. The summed E-state index contributed by atoms with van der Waals surface area (Å²) in [5.74, 6) is -1.41. The maximum Gasteiger partial charge on any atom is 0.323 e. The highest BCUT2D eigenvalue weighted by atomic mass is 32.2. The molecule has 0 spiro atoms. The van der Waals surface area contributed by atoms with Gasteiger partial charge in [-0.2, -0.15) is 0 Å². The highest BCUT2D eigenvalue weighted by molar-refractivity contribution is 7.90. The monoisotopic (exact) mass is 339 g/mol. The summed E-state index contributed by atoms with van der Waals surface area (Å²) in [5, 5.41) is 9.02. The van der Waals surface area contributed by atoms with Crippen molar-refractivity contribution in [3.63, 3.8) is 0 Å². The minimum absolute atomic E-state index is 0.0159. The Morgan fingerprint density at radius 1 is 1.22 bits per heavy atom. The van der Waals surface area contributed by atoms with E-state index in [1.807, 2.05) is 30.3 Å². The Kier molecular flexibility index (Phi) is 5.09. The van der Waals surface area contributed by atoms with Crippen LogP contribution in [0.3, 0.4) is 0 Å². The Balaban J connectivity index is 2.06. The lowest BCUT2D eigenvalue weighted by molar-refractivity contribution is -0.145. The molecule has 126 valence electrons. The lowest BCUT2D eigenvalue weighted by atomic mass is 10.0. The largest absolute Gasteiger partial charge is 0.480 e. The van der Waals surface area contributed by atoms with Gasteiger partial charge in [0, 0.05) is 19.2 Å². The number of carbonyl (C=O) groups excluding carboxylic acids is 1. The lowest BCUT2D eigenvalue weighted by Crippen LogP contribution is -2.37. The first-order chi connectivity index (χ1) is 10.7. The third-order valence-electron chi connectivity index (χ3n) is 3.95. The van der Waals surface area contributed by atoms with E-state index in [4.69, 9.17) is 5.11 Å². The summed E-state index contributed by atoms with van der Waals surface area (Å²) in [5.41, 5.74) is 0.341. The standard InChI is InChI=1S/C16H21NO5S/c1-23(21,22)12-16(7-8-16)9-14(18)17(11-15(19)20)10-13-5-3-2-4-6-13/h2-6H,7-12H2,1H3,(H,19,20). The van der Waals surface area contributed by atoms with Crippen molar-refractivity contribution in [1.82, 2.24) is 4.90 Å². The molecule has 0 heterocycles. The molecule has 1 aliphatic carbocycles. The molecule has 0 atom stereocenters. The lowest BCUT2D eigenvalue weighted by Gasteiger charge is -2.23. The highest BCUT2D eigenvalue weighted by Gasteiger charge is 2.47. The smallest absolute Gasteiger partial charge is 0.323 e. The number of hydrogen-bond donors (Lipinski definition) is 1. The molecular formula is C16H21NO5S. The van der Waals surface area contributed by atoms with E-state index in [1.165, 1.54) is 4.90 Å². The second kappa shape index (κ2) is 6.70. The van der Waals surface area contributed by atoms with E-state index in [9.17, 15) is 18.0 Å². The van der Waals surface area contributed by atoms with Gasteiger partial charge in [0.15, 0.2) is 0 Å². The molecule has 7 heteroatoms. The minimum atomic E-state index is -3.16. The number of carboxylic acids is 1. The Hall–Kier alpha value is -1.89. The van der Waals surface area contributed by atoms with Gasteiger partial charge < -0.3 is 10.0 Å². The number of rotatable bonds is 8. The van der Waals surface area contributed by atoms with Crippen LogP contribution in [0.25, 0.3) is 0 Å². The predicted octanol–water partition coefficient (Wildman–Crippen LogP) is 1.31. The molecule has 1 saturated carbocycles. The number of carboxylic acid groups (broad SMARTS) is 1. The van der Waals surface area contributed by atoms with Crippen molar-refractivity contribution in [1.29, 1.82) is 0 Å². The number of amides is 1. The van der Waals surface area contributed by atoms with Crippen molar-refractivity contribution >= 4 is 21.7 Å². The number of sulfone groups is 1. The molecule has 0 aromatic heterocycles. The van der Waals surface area contributed by atoms with Crippen molar-refractivity contribution in [2.75, 3.05) is 18.6 Å². The Labute approximate surface area is 136 Å². The van der Waals surface area contributed by atoms with Crippen molar-refractivity contribution in [2.24, 2.45) is 5.41 Å². The van der Waals surface area contributed by atoms with Gasteiger partial charge in [-0.15, -0.1) is 0 Å². The van der Waals surface area contributed by atoms with Gasteiger partial charge in [-0.25, -0.2) is 8.42 Å². The van der Waals surface area contributed by atoms with Gasteiger partial charge in [0.05, 0.1) is 5.75 Å². The van der Waals surface area contributed by atoms with Gasteiger partial charge in [0.2, 0.25) is 5.91 Å². The van der Waals surface area contributed by atoms with Gasteiger partial charge in [-0.3, -0.25) is 9.59 Å². The van der Waals surface area contributed by atoms with E-state index < -0.39 is 21.2 Å². The molecule has 6 nitrogen and oxygen atoms in total. The number of hydrogen-bond acceptors (Lipinski definition) is 4. The van der Waals surface area contributed by atoms with Gasteiger partial charge in [0.1, 0.15) is 16.4 Å². The third-order valence-corrected chi connectivity index (χ3v) is 5.08. The number of benzene rings is 1. The van der Waals surface area contributed by atoms with Gasteiger partial charge in [0.25, 0.3) is 0 Å². The van der Waals surface area contributed by atoms with Crippen LogP contribution in [-0.2, 0) is 26.0 Å². The van der Waals surface area contributed by atoms with E-state index in [-0.39, 0.29) is 31.2 Å². The number of nitrogens with zero attached hydrogens (tertiary/aromatic N) is 1. The molecule has 0 saturated heterocycles. The molecule has 0 bridgehead atoms. The van der Waals surface area contributed by atoms with E-state index in [0.717, 1.165) is 11.8 Å². The first kappa shape index (κ1) is 17.5. The first-order valence-electron chi connectivity index (χ1n) is 7.40. The fourth-order valence-electron chi connectivity index (χ4n) is 2.74. The fourth-order valence-corrected chi connectivity index (χ4v) is 4.24. The minimum Gasteiger partial charge on any atom is -0.480 e. The SMILES string of the molecule is CS(=O)(=O)CC1(CC(=O)N(CC(=O)O)Cc2ccccc2)CC1. The summed E-state index contributed by atoms with van der Waals surface area (Å²) in [6.45, 7) is -0.177. The number of aliphatic carboxylic acids is 1. The van der Waals surface area contributed by atoms with Crippen LogP contribution in [0.15, 0.2) is 30.3 Å². The Bertz CT molecular complexity index is 680. The maximum absolute atomic E-state index is 12.5. The van der Waals surface area contributed by atoms with Crippen molar-refractivity contribution in [2.45, 2.75) is 25.8 Å². The topological polar surface area (TPSA) is 91.8 Å². The molecule has 1 N–H and O–H groups in total. The molecule has 1 aromatic rings. The summed E-state index contributed by atoms with van der Waals surface area (Å²) in [4.78, 5) is 24.8. The normalized spacial score (nSPS) is 15.9. The average Bonchev–Trinajstić information content (AvgIpc) is 3.15. The predicted molar refractivity (Wildman–Crippen MR) is 85.5 cm³/mol. The fraction of sp³-hybridized carbons (Fsp3) is 0.500. The summed E-state index contributed by atoms with van der Waals surface area (Å²) >= 11 is 0. The summed E-state index contributed by atoms with van der Waals surface area (Å²) in [6, 6.07) is 9.14. The Morgan fingerprint density at radius 2 is 1.83 bits per heavy atom. The maximum atomic E-state index is 12.5. The van der Waals surface area contributed by atoms with Crippen LogP contribution in [0.5, 0.6) is 0 Å². The van der Waals surface area contributed by atoms with Gasteiger partial charge >= 0.3 is 5.97 Å². The molecule has 2 rings (SSSR count). The molecule has 1 fully saturated rings. The second-order valence-corrected chi connectivity index (χ2v) is 8.52. The Morgan fingerprint density at radius 3 is 2.30 bits per heavy atom. The molecule has 1 aromatic carbocycles. The van der Waals surface area contributed by atoms with Crippen molar-refractivity contribution < 1.29 is 23.1 Å². The summed E-state index contributed by atoms with van der Waals surface area (Å²) in [6.07, 6.45) is 2.63. The number of carbonyl (C=O) groups is 2. The molecule has 0 radical (unpaired) electrons. The zero-order valence-corrected chi connectivity index (χ0v) is 13.9. The van der Waals surface area contributed by atoms with E-state index >= 15 is 0 Å². The van der Waals surface area contributed by atoms with Gasteiger partial charge in [-0.1, -0.05) is 30.3 Å². The van der Waals surface area contributed by atoms with E-state index in [1.54, 1.807) is 0 Å². The molecule has 1 amide bonds. The van der Waals surface area contributed by atoms with Crippen LogP contribution < -0.4 is 0 Å². The second-order valence-electron chi connectivity index (χ2n) is 6.38. The first-order valence-corrected chi connectivity index (χ1v) is 9.46. The molecule has 0 unspecified atom stereocenters. The van der Waals surface area contributed by atoms with Crippen molar-refractivity contribution in [3.05, 3.63) is 35.9 Å². The highest BCUT2D eigenvalue weighted by Crippen LogP contribution is 2.50. The summed E-state index contributed by atoms with van der Waals surface area (Å²) in [7, 11) is -3.16. The zero-order valence-electron chi connectivity index (χ0n) is 13.1.